The van der Waals surface area contributed by atoms with Gasteiger partial charge in [0.15, 0.2) is 0 Å². The van der Waals surface area contributed by atoms with Crippen LogP contribution in [0.2, 0.25) is 0 Å². The Morgan fingerprint density at radius 3 is 2.54 bits per heavy atom. The van der Waals surface area contributed by atoms with Crippen molar-refractivity contribution in [1.29, 1.82) is 0 Å². The van der Waals surface area contributed by atoms with Gasteiger partial charge in [-0.05, 0) is 40.4 Å². The minimum Gasteiger partial charge on any atom is -0.330 e. The van der Waals surface area contributed by atoms with Crippen LogP contribution >= 0.6 is 0 Å². The summed E-state index contributed by atoms with van der Waals surface area (Å²) in [6, 6.07) is 0. The summed E-state index contributed by atoms with van der Waals surface area (Å²) in [5.74, 6) is 0. The first kappa shape index (κ1) is 11.0. The summed E-state index contributed by atoms with van der Waals surface area (Å²) in [4.78, 5) is 4.96. The molecule has 1 fully saturated rings. The molecule has 1 heterocycles. The monoisotopic (exact) mass is 185 g/mol. The highest BCUT2D eigenvalue weighted by atomic mass is 15.3. The second-order valence-corrected chi connectivity index (χ2v) is 4.65. The highest BCUT2D eigenvalue weighted by Gasteiger charge is 2.30. The lowest BCUT2D eigenvalue weighted by Crippen LogP contribution is -2.57. The van der Waals surface area contributed by atoms with Gasteiger partial charge in [-0.2, -0.15) is 0 Å². The molecule has 1 aliphatic heterocycles. The fraction of sp³-hybridized carbons (Fsp3) is 1.00. The Morgan fingerprint density at radius 1 is 1.31 bits per heavy atom. The van der Waals surface area contributed by atoms with Crippen LogP contribution in [0.1, 0.15) is 20.3 Å². The van der Waals surface area contributed by atoms with E-state index in [0.717, 1.165) is 19.5 Å². The first-order valence-electron chi connectivity index (χ1n) is 5.20. The maximum absolute atomic E-state index is 5.50. The second kappa shape index (κ2) is 4.40. The number of hydrogen-bond donors (Lipinski definition) is 1. The lowest BCUT2D eigenvalue weighted by atomic mass is 10.00. The highest BCUT2D eigenvalue weighted by molar-refractivity contribution is 4.87. The molecule has 0 bridgehead atoms. The molecule has 0 aliphatic carbocycles. The molecule has 0 aromatic rings. The molecule has 1 saturated heterocycles. The molecule has 0 saturated carbocycles. The molecule has 0 aromatic heterocycles. The molecular weight excluding hydrogens is 162 g/mol. The zero-order valence-electron chi connectivity index (χ0n) is 9.21. The summed E-state index contributed by atoms with van der Waals surface area (Å²) < 4.78 is 0. The average Bonchev–Trinajstić information content (AvgIpc) is 2.07. The predicted octanol–water partition coefficient (Wildman–Crippen LogP) is 0.361. The van der Waals surface area contributed by atoms with Crippen molar-refractivity contribution in [3.63, 3.8) is 0 Å². The molecule has 2 N–H and O–H groups in total. The first-order chi connectivity index (χ1) is 6.06. The Bertz CT molecular complexity index is 154. The number of nitrogens with two attached hydrogens (primary N) is 1. The van der Waals surface area contributed by atoms with Crippen molar-refractivity contribution in [3.8, 4) is 0 Å². The fourth-order valence-corrected chi connectivity index (χ4v) is 1.85. The van der Waals surface area contributed by atoms with Crippen molar-refractivity contribution >= 4 is 0 Å². The predicted molar refractivity (Wildman–Crippen MR) is 56.8 cm³/mol. The van der Waals surface area contributed by atoms with E-state index in [4.69, 9.17) is 5.73 Å². The van der Waals surface area contributed by atoms with Crippen molar-refractivity contribution < 1.29 is 0 Å². The Labute approximate surface area is 81.9 Å². The van der Waals surface area contributed by atoms with Crippen LogP contribution in [0.15, 0.2) is 0 Å². The minimum absolute atomic E-state index is 0.326. The van der Waals surface area contributed by atoms with Gasteiger partial charge in [0, 0.05) is 25.2 Å². The van der Waals surface area contributed by atoms with Gasteiger partial charge < -0.3 is 10.6 Å². The van der Waals surface area contributed by atoms with Crippen LogP contribution in [-0.2, 0) is 0 Å². The van der Waals surface area contributed by atoms with Crippen LogP contribution in [0.5, 0.6) is 0 Å². The lowest BCUT2D eigenvalue weighted by Gasteiger charge is -2.45. The molecule has 0 atom stereocenters. The first-order valence-corrected chi connectivity index (χ1v) is 5.20. The Hall–Kier alpha value is -0.120. The number of hydrogen-bond acceptors (Lipinski definition) is 3. The summed E-state index contributed by atoms with van der Waals surface area (Å²) in [6.45, 7) is 10.1. The van der Waals surface area contributed by atoms with E-state index < -0.39 is 0 Å². The number of likely N-dealkylation sites (N-methyl/N-ethyl adjacent to an activating group) is 1. The molecular formula is C10H23N3. The quantitative estimate of drug-likeness (QED) is 0.689. The molecule has 3 nitrogen and oxygen atoms in total. The molecule has 0 radical (unpaired) electrons. The van der Waals surface area contributed by atoms with Crippen molar-refractivity contribution in [2.75, 3.05) is 39.8 Å². The lowest BCUT2D eigenvalue weighted by molar-refractivity contribution is 0.0399. The van der Waals surface area contributed by atoms with Gasteiger partial charge in [-0.1, -0.05) is 0 Å². The van der Waals surface area contributed by atoms with E-state index in [2.05, 4.69) is 30.7 Å². The standard InChI is InChI=1S/C10H23N3/c1-10(2)9-13(6-4-5-11)8-7-12(10)3/h4-9,11H2,1-3H3. The third-order valence-electron chi connectivity index (χ3n) is 3.07. The summed E-state index contributed by atoms with van der Waals surface area (Å²) in [6.07, 6.45) is 1.12. The van der Waals surface area contributed by atoms with Crippen LogP contribution in [0.4, 0.5) is 0 Å². The van der Waals surface area contributed by atoms with Gasteiger partial charge >= 0.3 is 0 Å². The van der Waals surface area contributed by atoms with E-state index >= 15 is 0 Å². The second-order valence-electron chi connectivity index (χ2n) is 4.65. The van der Waals surface area contributed by atoms with E-state index in [1.54, 1.807) is 0 Å². The molecule has 3 heteroatoms. The zero-order chi connectivity index (χ0) is 9.90. The largest absolute Gasteiger partial charge is 0.330 e. The van der Waals surface area contributed by atoms with E-state index in [1.807, 2.05) is 0 Å². The Kier molecular flexibility index (Phi) is 3.71. The van der Waals surface area contributed by atoms with Crippen molar-refractivity contribution in [2.45, 2.75) is 25.8 Å². The normalized spacial score (nSPS) is 24.9. The molecule has 1 aliphatic rings. The third kappa shape index (κ3) is 2.93. The van der Waals surface area contributed by atoms with Gasteiger partial charge in [0.1, 0.15) is 0 Å². The summed E-state index contributed by atoms with van der Waals surface area (Å²) in [5, 5.41) is 0. The Balaban J connectivity index is 2.37. The maximum Gasteiger partial charge on any atom is 0.0277 e. The van der Waals surface area contributed by atoms with Gasteiger partial charge in [0.05, 0.1) is 0 Å². The van der Waals surface area contributed by atoms with Gasteiger partial charge in [0.25, 0.3) is 0 Å². The average molecular weight is 185 g/mol. The molecule has 1 rings (SSSR count). The SMILES string of the molecule is CN1CCN(CCCN)CC1(C)C. The van der Waals surface area contributed by atoms with Crippen molar-refractivity contribution in [1.82, 2.24) is 9.80 Å². The molecule has 13 heavy (non-hydrogen) atoms. The minimum atomic E-state index is 0.326. The molecule has 78 valence electrons. The molecule has 0 amide bonds. The number of rotatable bonds is 3. The number of nitrogens with zero attached hydrogens (tertiary/aromatic N) is 2. The van der Waals surface area contributed by atoms with E-state index in [1.165, 1.54) is 19.6 Å². The van der Waals surface area contributed by atoms with Gasteiger partial charge in [-0.25, -0.2) is 0 Å². The molecule has 0 unspecified atom stereocenters. The summed E-state index contributed by atoms with van der Waals surface area (Å²) >= 11 is 0. The topological polar surface area (TPSA) is 32.5 Å². The number of piperazine rings is 1. The zero-order valence-corrected chi connectivity index (χ0v) is 9.21. The van der Waals surface area contributed by atoms with Gasteiger partial charge in [0.2, 0.25) is 0 Å². The summed E-state index contributed by atoms with van der Waals surface area (Å²) in [5.41, 5.74) is 5.83. The summed E-state index contributed by atoms with van der Waals surface area (Å²) in [7, 11) is 2.21. The van der Waals surface area contributed by atoms with Crippen molar-refractivity contribution in [2.24, 2.45) is 5.73 Å². The smallest absolute Gasteiger partial charge is 0.0277 e. The van der Waals surface area contributed by atoms with Gasteiger partial charge in [-0.15, -0.1) is 0 Å². The Morgan fingerprint density at radius 2 is 2.00 bits per heavy atom. The molecule has 0 spiro atoms. The molecule has 0 aromatic carbocycles. The van der Waals surface area contributed by atoms with Crippen molar-refractivity contribution in [3.05, 3.63) is 0 Å². The van der Waals surface area contributed by atoms with E-state index in [9.17, 15) is 0 Å². The van der Waals surface area contributed by atoms with Crippen LogP contribution < -0.4 is 5.73 Å². The van der Waals surface area contributed by atoms with Crippen LogP contribution in [0.25, 0.3) is 0 Å². The maximum atomic E-state index is 5.50. The van der Waals surface area contributed by atoms with Crippen LogP contribution in [-0.4, -0.2) is 55.1 Å². The highest BCUT2D eigenvalue weighted by Crippen LogP contribution is 2.18. The van der Waals surface area contributed by atoms with Crippen LogP contribution in [0, 0.1) is 0 Å². The van der Waals surface area contributed by atoms with E-state index in [-0.39, 0.29) is 0 Å². The van der Waals surface area contributed by atoms with E-state index in [0.29, 0.717) is 5.54 Å². The van der Waals surface area contributed by atoms with Gasteiger partial charge in [-0.3, -0.25) is 4.90 Å². The third-order valence-corrected chi connectivity index (χ3v) is 3.07. The fourth-order valence-electron chi connectivity index (χ4n) is 1.85. The van der Waals surface area contributed by atoms with Crippen LogP contribution in [0.3, 0.4) is 0 Å².